The van der Waals surface area contributed by atoms with Gasteiger partial charge in [0.25, 0.3) is 0 Å². The van der Waals surface area contributed by atoms with Crippen molar-refractivity contribution >= 4 is 23.2 Å². The largest absolute Gasteiger partial charge is 0.356 e. The average molecular weight is 366 g/mol. The van der Waals surface area contributed by atoms with Crippen LogP contribution in [0.15, 0.2) is 10.4 Å². The lowest BCUT2D eigenvalue weighted by atomic mass is 9.84. The third kappa shape index (κ3) is 5.42. The van der Waals surface area contributed by atoms with Gasteiger partial charge in [-0.05, 0) is 26.2 Å². The standard InChI is InChI=1S/C18H31N5OS/c1-14-12-25-15(22-14)8-7-11-20-17(19-2)21-13-18(9-5-6-10-18)16(24)23(3)4/h12H,5-11,13H2,1-4H3,(H2,19,20,21). The molecule has 1 heterocycles. The Morgan fingerprint density at radius 2 is 2.08 bits per heavy atom. The van der Waals surface area contributed by atoms with E-state index in [1.165, 1.54) is 5.01 Å². The number of rotatable bonds is 7. The van der Waals surface area contributed by atoms with E-state index in [4.69, 9.17) is 0 Å². The van der Waals surface area contributed by atoms with Crippen LogP contribution < -0.4 is 10.6 Å². The maximum atomic E-state index is 12.6. The molecular weight excluding hydrogens is 334 g/mol. The molecule has 140 valence electrons. The SMILES string of the molecule is CN=C(NCCCc1nc(C)cs1)NCC1(C(=O)N(C)C)CCCC1. The van der Waals surface area contributed by atoms with E-state index in [1.807, 2.05) is 21.0 Å². The molecule has 2 N–H and O–H groups in total. The van der Waals surface area contributed by atoms with E-state index in [2.05, 4.69) is 26.0 Å². The lowest BCUT2D eigenvalue weighted by Crippen LogP contribution is -2.49. The molecule has 1 aromatic rings. The van der Waals surface area contributed by atoms with Gasteiger partial charge >= 0.3 is 0 Å². The Balaban J connectivity index is 1.78. The Bertz CT molecular complexity index is 590. The molecule has 2 rings (SSSR count). The van der Waals surface area contributed by atoms with Gasteiger partial charge in [-0.1, -0.05) is 12.8 Å². The summed E-state index contributed by atoms with van der Waals surface area (Å²) < 4.78 is 0. The fourth-order valence-corrected chi connectivity index (χ4v) is 4.25. The van der Waals surface area contributed by atoms with Crippen LogP contribution in [0.3, 0.4) is 0 Å². The number of nitrogens with zero attached hydrogens (tertiary/aromatic N) is 3. The molecule has 1 aromatic heterocycles. The second-order valence-electron chi connectivity index (χ2n) is 7.03. The second kappa shape index (κ2) is 9.17. The molecule has 0 spiro atoms. The number of aryl methyl sites for hydroxylation is 2. The first-order valence-corrected chi connectivity index (χ1v) is 9.92. The summed E-state index contributed by atoms with van der Waals surface area (Å²) >= 11 is 1.72. The molecule has 0 bridgehead atoms. The first-order valence-electron chi connectivity index (χ1n) is 9.04. The zero-order valence-corrected chi connectivity index (χ0v) is 16.7. The highest BCUT2D eigenvalue weighted by molar-refractivity contribution is 7.09. The maximum absolute atomic E-state index is 12.6. The van der Waals surface area contributed by atoms with Crippen molar-refractivity contribution in [3.8, 4) is 0 Å². The minimum Gasteiger partial charge on any atom is -0.356 e. The maximum Gasteiger partial charge on any atom is 0.230 e. The predicted octanol–water partition coefficient (Wildman–Crippen LogP) is 2.20. The second-order valence-corrected chi connectivity index (χ2v) is 7.97. The topological polar surface area (TPSA) is 69.6 Å². The zero-order valence-electron chi connectivity index (χ0n) is 15.9. The number of hydrogen-bond donors (Lipinski definition) is 2. The van der Waals surface area contributed by atoms with Gasteiger partial charge in [-0.3, -0.25) is 9.79 Å². The number of amides is 1. The summed E-state index contributed by atoms with van der Waals surface area (Å²) in [6, 6.07) is 0. The smallest absolute Gasteiger partial charge is 0.230 e. The van der Waals surface area contributed by atoms with E-state index in [9.17, 15) is 4.79 Å². The summed E-state index contributed by atoms with van der Waals surface area (Å²) in [6.45, 7) is 3.51. The van der Waals surface area contributed by atoms with Gasteiger partial charge < -0.3 is 15.5 Å². The van der Waals surface area contributed by atoms with E-state index in [0.29, 0.717) is 6.54 Å². The molecule has 1 aliphatic rings. The van der Waals surface area contributed by atoms with Crippen LogP contribution in [0, 0.1) is 12.3 Å². The van der Waals surface area contributed by atoms with E-state index in [0.717, 1.165) is 56.7 Å². The average Bonchev–Trinajstić information content (AvgIpc) is 3.23. The summed E-state index contributed by atoms with van der Waals surface area (Å²) in [4.78, 5) is 23.1. The molecule has 0 atom stereocenters. The lowest BCUT2D eigenvalue weighted by molar-refractivity contribution is -0.138. The number of guanidine groups is 1. The first-order chi connectivity index (χ1) is 12.0. The fourth-order valence-electron chi connectivity index (χ4n) is 3.43. The van der Waals surface area contributed by atoms with Crippen LogP contribution in [0.4, 0.5) is 0 Å². The van der Waals surface area contributed by atoms with Crippen LogP contribution in [-0.2, 0) is 11.2 Å². The third-order valence-corrected chi connectivity index (χ3v) is 5.79. The van der Waals surface area contributed by atoms with Crippen LogP contribution >= 0.6 is 11.3 Å². The molecule has 1 amide bonds. The van der Waals surface area contributed by atoms with Crippen molar-refractivity contribution in [1.29, 1.82) is 0 Å². The molecule has 1 fully saturated rings. The van der Waals surface area contributed by atoms with Gasteiger partial charge in [0.1, 0.15) is 0 Å². The minimum absolute atomic E-state index is 0.229. The van der Waals surface area contributed by atoms with Gasteiger partial charge in [0.05, 0.1) is 10.4 Å². The van der Waals surface area contributed by atoms with Crippen molar-refractivity contribution in [2.75, 3.05) is 34.2 Å². The lowest BCUT2D eigenvalue weighted by Gasteiger charge is -2.31. The molecule has 7 heteroatoms. The van der Waals surface area contributed by atoms with Crippen LogP contribution in [0.1, 0.15) is 42.8 Å². The molecule has 0 radical (unpaired) electrons. The predicted molar refractivity (Wildman–Crippen MR) is 104 cm³/mol. The molecule has 6 nitrogen and oxygen atoms in total. The molecule has 0 aromatic carbocycles. The number of aliphatic imine (C=N–C) groups is 1. The van der Waals surface area contributed by atoms with Crippen LogP contribution in [0.2, 0.25) is 0 Å². The molecule has 0 unspecified atom stereocenters. The van der Waals surface area contributed by atoms with E-state index < -0.39 is 0 Å². The number of carbonyl (C=O) groups is 1. The van der Waals surface area contributed by atoms with E-state index in [1.54, 1.807) is 23.3 Å². The van der Waals surface area contributed by atoms with Gasteiger partial charge in [-0.15, -0.1) is 11.3 Å². The molecular formula is C18H31N5OS. The minimum atomic E-state index is -0.278. The number of carbonyl (C=O) groups excluding carboxylic acids is 1. The molecule has 1 aliphatic carbocycles. The number of hydrogen-bond acceptors (Lipinski definition) is 4. The summed E-state index contributed by atoms with van der Waals surface area (Å²) in [5.74, 6) is 1.00. The number of thiazole rings is 1. The third-order valence-electron chi connectivity index (χ3n) is 4.76. The van der Waals surface area contributed by atoms with Crippen molar-refractivity contribution in [1.82, 2.24) is 20.5 Å². The summed E-state index contributed by atoms with van der Waals surface area (Å²) in [5, 5.41) is 9.99. The number of nitrogens with one attached hydrogen (secondary N) is 2. The molecule has 25 heavy (non-hydrogen) atoms. The van der Waals surface area contributed by atoms with Crippen molar-refractivity contribution in [3.05, 3.63) is 16.1 Å². The zero-order chi connectivity index (χ0) is 18.3. The monoisotopic (exact) mass is 365 g/mol. The van der Waals surface area contributed by atoms with Gasteiger partial charge in [0, 0.05) is 51.7 Å². The van der Waals surface area contributed by atoms with Gasteiger partial charge in [-0.25, -0.2) is 4.98 Å². The number of aromatic nitrogens is 1. The highest BCUT2D eigenvalue weighted by Crippen LogP contribution is 2.38. The van der Waals surface area contributed by atoms with Crippen molar-refractivity contribution in [2.45, 2.75) is 45.4 Å². The molecule has 1 saturated carbocycles. The van der Waals surface area contributed by atoms with Crippen LogP contribution in [0.25, 0.3) is 0 Å². The first kappa shape index (κ1) is 19.7. The fraction of sp³-hybridized carbons (Fsp3) is 0.722. The van der Waals surface area contributed by atoms with Crippen LogP contribution in [0.5, 0.6) is 0 Å². The van der Waals surface area contributed by atoms with Crippen molar-refractivity contribution in [3.63, 3.8) is 0 Å². The Labute approximate surface area is 155 Å². The van der Waals surface area contributed by atoms with Gasteiger partial charge in [0.2, 0.25) is 5.91 Å². The normalized spacial score (nSPS) is 16.7. The Morgan fingerprint density at radius 1 is 1.36 bits per heavy atom. The summed E-state index contributed by atoms with van der Waals surface area (Å²) in [6.07, 6.45) is 6.15. The van der Waals surface area contributed by atoms with Crippen LogP contribution in [-0.4, -0.2) is 56.0 Å². The Hall–Kier alpha value is -1.63. The van der Waals surface area contributed by atoms with Crippen molar-refractivity contribution < 1.29 is 4.79 Å². The van der Waals surface area contributed by atoms with Gasteiger partial charge in [-0.2, -0.15) is 0 Å². The van der Waals surface area contributed by atoms with Crippen molar-refractivity contribution in [2.24, 2.45) is 10.4 Å². The Kier molecular flexibility index (Phi) is 7.23. The van der Waals surface area contributed by atoms with E-state index >= 15 is 0 Å². The van der Waals surface area contributed by atoms with E-state index in [-0.39, 0.29) is 11.3 Å². The quantitative estimate of drug-likeness (QED) is 0.441. The highest BCUT2D eigenvalue weighted by Gasteiger charge is 2.42. The summed E-state index contributed by atoms with van der Waals surface area (Å²) in [7, 11) is 5.46. The molecule has 0 aliphatic heterocycles. The Morgan fingerprint density at radius 3 is 2.64 bits per heavy atom. The van der Waals surface area contributed by atoms with Gasteiger partial charge in [0.15, 0.2) is 5.96 Å². The molecule has 0 saturated heterocycles. The summed E-state index contributed by atoms with van der Waals surface area (Å²) in [5.41, 5.74) is 0.817. The highest BCUT2D eigenvalue weighted by atomic mass is 32.1.